The molecule has 1 aromatic carbocycles. The van der Waals surface area contributed by atoms with Gasteiger partial charge in [0, 0.05) is 23.7 Å². The number of benzene rings is 1. The topological polar surface area (TPSA) is 59.9 Å². The minimum absolute atomic E-state index is 0.00499. The zero-order valence-corrected chi connectivity index (χ0v) is 12.5. The quantitative estimate of drug-likeness (QED) is 0.728. The van der Waals surface area contributed by atoms with Gasteiger partial charge in [-0.1, -0.05) is 18.2 Å². The monoisotopic (exact) mass is 337 g/mol. The van der Waals surface area contributed by atoms with Crippen LogP contribution in [0.4, 0.5) is 13.2 Å². The first kappa shape index (κ1) is 16.1. The average molecular weight is 337 g/mol. The molecule has 8 heteroatoms. The van der Waals surface area contributed by atoms with E-state index in [1.165, 1.54) is 0 Å². The van der Waals surface area contributed by atoms with Crippen molar-refractivity contribution in [2.24, 2.45) is 0 Å². The van der Waals surface area contributed by atoms with Crippen LogP contribution in [0.25, 0.3) is 10.9 Å². The number of fused-ring (bicyclic) bond motifs is 1. The summed E-state index contributed by atoms with van der Waals surface area (Å²) < 4.78 is 44.8. The van der Waals surface area contributed by atoms with Crippen molar-refractivity contribution in [2.45, 2.75) is 19.1 Å². The second-order valence-electron chi connectivity index (χ2n) is 5.24. The summed E-state index contributed by atoms with van der Waals surface area (Å²) in [6.07, 6.45) is -1.69. The fourth-order valence-electron chi connectivity index (χ4n) is 2.48. The van der Waals surface area contributed by atoms with Gasteiger partial charge in [0.15, 0.2) is 0 Å². The first-order valence-electron chi connectivity index (χ1n) is 7.24. The predicted octanol–water partition coefficient (Wildman–Crippen LogP) is 3.17. The normalized spacial score (nSPS) is 11.8. The number of aromatic nitrogens is 3. The van der Waals surface area contributed by atoms with Gasteiger partial charge in [-0.2, -0.15) is 18.3 Å². The number of H-pyrrole nitrogens is 1. The third-order valence-corrected chi connectivity index (χ3v) is 3.62. The molecule has 0 spiro atoms. The average Bonchev–Trinajstić information content (AvgIpc) is 3.14. The van der Waals surface area contributed by atoms with E-state index < -0.39 is 17.8 Å². The Morgan fingerprint density at radius 1 is 1.25 bits per heavy atom. The summed E-state index contributed by atoms with van der Waals surface area (Å²) in [5, 5.41) is 6.31. The van der Waals surface area contributed by atoms with Crippen molar-refractivity contribution in [1.82, 2.24) is 14.8 Å². The molecule has 0 aliphatic rings. The molecule has 0 atom stereocenters. The first-order valence-corrected chi connectivity index (χ1v) is 7.24. The summed E-state index contributed by atoms with van der Waals surface area (Å²) in [7, 11) is 0. The highest BCUT2D eigenvalue weighted by atomic mass is 19.4. The van der Waals surface area contributed by atoms with Gasteiger partial charge in [0.05, 0.1) is 12.8 Å². The van der Waals surface area contributed by atoms with Crippen molar-refractivity contribution in [3.05, 3.63) is 54.0 Å². The summed E-state index contributed by atoms with van der Waals surface area (Å²) in [5.41, 5.74) is -0.0414. The Bertz CT molecular complexity index is 851. The zero-order valence-electron chi connectivity index (χ0n) is 12.5. The number of para-hydroxylation sites is 1. The van der Waals surface area contributed by atoms with Crippen molar-refractivity contribution in [1.29, 1.82) is 0 Å². The molecule has 2 heterocycles. The summed E-state index contributed by atoms with van der Waals surface area (Å²) in [6.45, 7) is -0.133. The van der Waals surface area contributed by atoms with Gasteiger partial charge in [0.25, 0.3) is 0 Å². The van der Waals surface area contributed by atoms with E-state index in [2.05, 4.69) is 5.10 Å². The molecule has 5 nitrogen and oxygen atoms in total. The van der Waals surface area contributed by atoms with Crippen LogP contribution in [-0.4, -0.2) is 27.3 Å². The van der Waals surface area contributed by atoms with Crippen LogP contribution in [0.1, 0.15) is 11.3 Å². The molecule has 0 amide bonds. The Balaban J connectivity index is 1.56. The van der Waals surface area contributed by atoms with E-state index in [0.717, 1.165) is 17.1 Å². The van der Waals surface area contributed by atoms with Crippen LogP contribution in [0.2, 0.25) is 0 Å². The molecule has 1 N–H and O–H groups in total. The number of halogens is 3. The van der Waals surface area contributed by atoms with E-state index in [1.54, 1.807) is 10.8 Å². The number of hydrogen-bond acceptors (Lipinski definition) is 3. The standard InChI is InChI=1S/C16H14F3N3O2/c17-16(18,19)15-12(9-20-21-15)6-8-24-14(23)10-22-7-5-11-3-1-2-4-13(11)22/h1-5,7,9H,6,8,10H2,(H,20,21). The van der Waals surface area contributed by atoms with Crippen LogP contribution in [0.3, 0.4) is 0 Å². The Hall–Kier alpha value is -2.77. The van der Waals surface area contributed by atoms with Crippen LogP contribution >= 0.6 is 0 Å². The van der Waals surface area contributed by atoms with Gasteiger partial charge in [0.2, 0.25) is 0 Å². The summed E-state index contributed by atoms with van der Waals surface area (Å²) in [5.74, 6) is -0.506. The maximum Gasteiger partial charge on any atom is 0.433 e. The lowest BCUT2D eigenvalue weighted by molar-refractivity contribution is -0.144. The zero-order chi connectivity index (χ0) is 17.2. The van der Waals surface area contributed by atoms with Crippen molar-refractivity contribution in [3.63, 3.8) is 0 Å². The molecule has 0 aliphatic heterocycles. The third-order valence-electron chi connectivity index (χ3n) is 3.62. The number of nitrogens with zero attached hydrogens (tertiary/aromatic N) is 2. The maximum absolute atomic E-state index is 12.7. The molecule has 0 saturated heterocycles. The Morgan fingerprint density at radius 2 is 2.04 bits per heavy atom. The molecule has 0 fully saturated rings. The SMILES string of the molecule is O=C(Cn1ccc2ccccc21)OCCc1cn[nH]c1C(F)(F)F. The largest absolute Gasteiger partial charge is 0.464 e. The lowest BCUT2D eigenvalue weighted by atomic mass is 10.2. The van der Waals surface area contributed by atoms with Crippen molar-refractivity contribution >= 4 is 16.9 Å². The minimum Gasteiger partial charge on any atom is -0.464 e. The van der Waals surface area contributed by atoms with Crippen molar-refractivity contribution < 1.29 is 22.7 Å². The van der Waals surface area contributed by atoms with E-state index in [9.17, 15) is 18.0 Å². The number of nitrogens with one attached hydrogen (secondary N) is 1. The maximum atomic E-state index is 12.7. The lowest BCUT2D eigenvalue weighted by Gasteiger charge is -2.08. The molecule has 3 rings (SSSR count). The molecule has 0 radical (unpaired) electrons. The van der Waals surface area contributed by atoms with Crippen molar-refractivity contribution in [3.8, 4) is 0 Å². The summed E-state index contributed by atoms with van der Waals surface area (Å²) >= 11 is 0. The van der Waals surface area contributed by atoms with Gasteiger partial charge in [0.1, 0.15) is 12.2 Å². The fourth-order valence-corrected chi connectivity index (χ4v) is 2.48. The molecule has 24 heavy (non-hydrogen) atoms. The summed E-state index contributed by atoms with van der Waals surface area (Å²) in [6, 6.07) is 9.44. The Labute approximate surface area is 135 Å². The first-order chi connectivity index (χ1) is 11.4. The molecule has 3 aromatic rings. The van der Waals surface area contributed by atoms with Crippen molar-refractivity contribution in [2.75, 3.05) is 6.61 Å². The van der Waals surface area contributed by atoms with Gasteiger partial charge in [-0.05, 0) is 17.5 Å². The van der Waals surface area contributed by atoms with Gasteiger partial charge < -0.3 is 9.30 Å². The number of hydrogen-bond donors (Lipinski definition) is 1. The Kier molecular flexibility index (Phi) is 4.28. The predicted molar refractivity (Wildman–Crippen MR) is 80.2 cm³/mol. The van der Waals surface area contributed by atoms with E-state index >= 15 is 0 Å². The fraction of sp³-hybridized carbons (Fsp3) is 0.250. The number of rotatable bonds is 5. The summed E-state index contributed by atoms with van der Waals surface area (Å²) in [4.78, 5) is 11.9. The van der Waals surface area contributed by atoms with Gasteiger partial charge in [-0.3, -0.25) is 9.89 Å². The number of ether oxygens (including phenoxy) is 1. The third kappa shape index (κ3) is 3.42. The minimum atomic E-state index is -4.50. The molecular formula is C16H14F3N3O2. The van der Waals surface area contributed by atoms with Crippen LogP contribution in [0, 0.1) is 0 Å². The highest BCUT2D eigenvalue weighted by molar-refractivity contribution is 5.81. The number of carbonyl (C=O) groups is 1. The highest BCUT2D eigenvalue weighted by Gasteiger charge is 2.35. The molecule has 0 bridgehead atoms. The number of aromatic amines is 1. The van der Waals surface area contributed by atoms with Crippen LogP contribution in [0.5, 0.6) is 0 Å². The second kappa shape index (κ2) is 6.38. The molecule has 0 aliphatic carbocycles. The molecular weight excluding hydrogens is 323 g/mol. The molecule has 126 valence electrons. The highest BCUT2D eigenvalue weighted by Crippen LogP contribution is 2.30. The van der Waals surface area contributed by atoms with E-state index in [0.29, 0.717) is 0 Å². The lowest BCUT2D eigenvalue weighted by Crippen LogP contribution is -2.15. The number of carbonyl (C=O) groups excluding carboxylic acids is 1. The van der Waals surface area contributed by atoms with Gasteiger partial charge in [-0.25, -0.2) is 0 Å². The Morgan fingerprint density at radius 3 is 2.83 bits per heavy atom. The second-order valence-corrected chi connectivity index (χ2v) is 5.24. The van der Waals surface area contributed by atoms with Crippen LogP contribution in [0.15, 0.2) is 42.7 Å². The van der Waals surface area contributed by atoms with Gasteiger partial charge >= 0.3 is 12.1 Å². The van der Waals surface area contributed by atoms with Crippen LogP contribution in [-0.2, 0) is 28.7 Å². The van der Waals surface area contributed by atoms with E-state index in [1.807, 2.05) is 35.4 Å². The van der Waals surface area contributed by atoms with E-state index in [4.69, 9.17) is 4.74 Å². The van der Waals surface area contributed by atoms with E-state index in [-0.39, 0.29) is 25.1 Å². The molecule has 0 unspecified atom stereocenters. The molecule has 0 saturated carbocycles. The number of alkyl halides is 3. The number of esters is 1. The van der Waals surface area contributed by atoms with Gasteiger partial charge in [-0.15, -0.1) is 0 Å². The smallest absolute Gasteiger partial charge is 0.433 e. The van der Waals surface area contributed by atoms with Crippen LogP contribution < -0.4 is 0 Å². The molecule has 2 aromatic heterocycles.